The molecule has 0 heterocycles. The van der Waals surface area contributed by atoms with Gasteiger partial charge in [-0.2, -0.15) is 0 Å². The first-order valence-electron chi connectivity index (χ1n) is 7.07. The van der Waals surface area contributed by atoms with Gasteiger partial charge in [0.05, 0.1) is 11.4 Å². The fourth-order valence-corrected chi connectivity index (χ4v) is 3.81. The smallest absolute Gasteiger partial charge is 0.263 e. The highest BCUT2D eigenvalue weighted by molar-refractivity contribution is 9.10. The third-order valence-corrected chi connectivity index (χ3v) is 5.63. The summed E-state index contributed by atoms with van der Waals surface area (Å²) in [5.74, 6) is -0.383. The van der Waals surface area contributed by atoms with Gasteiger partial charge in [-0.15, -0.1) is 0 Å². The molecular weight excluding hydrogens is 394 g/mol. The van der Waals surface area contributed by atoms with Gasteiger partial charge in [-0.1, -0.05) is 22.0 Å². The van der Waals surface area contributed by atoms with E-state index in [4.69, 9.17) is 5.73 Å². The van der Waals surface area contributed by atoms with E-state index in [-0.39, 0.29) is 16.5 Å². The molecule has 0 spiro atoms. The molecule has 0 fully saturated rings. The van der Waals surface area contributed by atoms with E-state index in [1.54, 1.807) is 6.07 Å². The largest absolute Gasteiger partial charge is 0.399 e. The highest BCUT2D eigenvalue weighted by Gasteiger charge is 2.21. The quantitative estimate of drug-likeness (QED) is 0.670. The molecule has 0 unspecified atom stereocenters. The molecule has 128 valence electrons. The van der Waals surface area contributed by atoms with Crippen LogP contribution in [0.1, 0.15) is 18.1 Å². The average Bonchev–Trinajstić information content (AvgIpc) is 2.43. The molecule has 0 radical (unpaired) electrons. The van der Waals surface area contributed by atoms with Crippen molar-refractivity contribution >= 4 is 48.9 Å². The maximum absolute atomic E-state index is 12.7. The van der Waals surface area contributed by atoms with E-state index in [0.29, 0.717) is 11.4 Å². The summed E-state index contributed by atoms with van der Waals surface area (Å²) in [7, 11) is -3.90. The summed E-state index contributed by atoms with van der Waals surface area (Å²) in [5, 5.41) is 2.49. The number of carbonyl (C=O) groups is 1. The second kappa shape index (κ2) is 6.82. The van der Waals surface area contributed by atoms with Crippen LogP contribution < -0.4 is 15.8 Å². The number of hydrogen-bond donors (Lipinski definition) is 3. The predicted molar refractivity (Wildman–Crippen MR) is 99.6 cm³/mol. The van der Waals surface area contributed by atoms with Crippen molar-refractivity contribution in [3.8, 4) is 0 Å². The Bertz CT molecular complexity index is 911. The van der Waals surface area contributed by atoms with Crippen LogP contribution >= 0.6 is 15.9 Å². The minimum Gasteiger partial charge on any atom is -0.399 e. The number of benzene rings is 2. The Balaban J connectivity index is 2.48. The number of sulfonamides is 1. The topological polar surface area (TPSA) is 101 Å². The third kappa shape index (κ3) is 4.07. The van der Waals surface area contributed by atoms with Crippen LogP contribution in [0.25, 0.3) is 0 Å². The number of halogens is 1. The molecular formula is C16H18BrN3O3S. The summed E-state index contributed by atoms with van der Waals surface area (Å²) >= 11 is 3.39. The number of rotatable bonds is 4. The van der Waals surface area contributed by atoms with E-state index in [9.17, 15) is 13.2 Å². The molecule has 1 amide bonds. The van der Waals surface area contributed by atoms with Crippen LogP contribution in [0, 0.1) is 13.8 Å². The van der Waals surface area contributed by atoms with Crippen molar-refractivity contribution in [2.24, 2.45) is 0 Å². The summed E-state index contributed by atoms with van der Waals surface area (Å²) in [4.78, 5) is 11.3. The van der Waals surface area contributed by atoms with Crippen LogP contribution in [-0.2, 0) is 14.8 Å². The number of carbonyl (C=O) groups excluding carboxylic acids is 1. The zero-order valence-electron chi connectivity index (χ0n) is 13.5. The van der Waals surface area contributed by atoms with E-state index in [2.05, 4.69) is 26.0 Å². The van der Waals surface area contributed by atoms with E-state index >= 15 is 0 Å². The first kappa shape index (κ1) is 18.3. The van der Waals surface area contributed by atoms with Crippen LogP contribution in [0.2, 0.25) is 0 Å². The molecule has 0 saturated heterocycles. The van der Waals surface area contributed by atoms with E-state index < -0.39 is 10.0 Å². The summed E-state index contributed by atoms with van der Waals surface area (Å²) in [6.45, 7) is 5.04. The van der Waals surface area contributed by atoms with E-state index in [1.807, 2.05) is 19.9 Å². The fourth-order valence-electron chi connectivity index (χ4n) is 2.20. The highest BCUT2D eigenvalue weighted by Crippen LogP contribution is 2.30. The molecule has 0 aliphatic heterocycles. The number of hydrogen-bond acceptors (Lipinski definition) is 4. The van der Waals surface area contributed by atoms with Crippen molar-refractivity contribution in [3.05, 3.63) is 45.9 Å². The molecule has 2 aromatic carbocycles. The molecule has 4 N–H and O–H groups in total. The van der Waals surface area contributed by atoms with Crippen molar-refractivity contribution in [1.82, 2.24) is 0 Å². The van der Waals surface area contributed by atoms with Gasteiger partial charge < -0.3 is 11.1 Å². The average molecular weight is 412 g/mol. The van der Waals surface area contributed by atoms with Gasteiger partial charge in [0.2, 0.25) is 5.91 Å². The molecule has 8 heteroatoms. The Morgan fingerprint density at radius 3 is 2.38 bits per heavy atom. The van der Waals surface area contributed by atoms with Crippen molar-refractivity contribution in [2.45, 2.75) is 25.7 Å². The molecule has 0 bridgehead atoms. The van der Waals surface area contributed by atoms with Gasteiger partial charge in [0.25, 0.3) is 10.0 Å². The van der Waals surface area contributed by atoms with Crippen LogP contribution in [0.5, 0.6) is 0 Å². The van der Waals surface area contributed by atoms with E-state index in [1.165, 1.54) is 25.1 Å². The summed E-state index contributed by atoms with van der Waals surface area (Å²) < 4.78 is 28.8. The highest BCUT2D eigenvalue weighted by atomic mass is 79.9. The van der Waals surface area contributed by atoms with Gasteiger partial charge in [-0.3, -0.25) is 9.52 Å². The Kier molecular flexibility index (Phi) is 5.19. The minimum atomic E-state index is -3.90. The van der Waals surface area contributed by atoms with E-state index in [0.717, 1.165) is 15.6 Å². The number of nitrogen functional groups attached to an aromatic ring is 1. The predicted octanol–water partition coefficient (Wildman–Crippen LogP) is 3.41. The van der Waals surface area contributed by atoms with Crippen molar-refractivity contribution < 1.29 is 13.2 Å². The summed E-state index contributed by atoms with van der Waals surface area (Å²) in [5.41, 5.74) is 8.42. The molecule has 0 atom stereocenters. The lowest BCUT2D eigenvalue weighted by atomic mass is 10.1. The first-order chi connectivity index (χ1) is 11.1. The van der Waals surface area contributed by atoms with Gasteiger partial charge >= 0.3 is 0 Å². The molecule has 0 aromatic heterocycles. The fraction of sp³-hybridized carbons (Fsp3) is 0.188. The van der Waals surface area contributed by atoms with Crippen LogP contribution in [0.4, 0.5) is 17.1 Å². The normalized spacial score (nSPS) is 11.2. The maximum atomic E-state index is 12.7. The van der Waals surface area contributed by atoms with Crippen LogP contribution in [0.3, 0.4) is 0 Å². The zero-order valence-corrected chi connectivity index (χ0v) is 15.9. The molecule has 2 rings (SSSR count). The van der Waals surface area contributed by atoms with Gasteiger partial charge in [-0.25, -0.2) is 8.42 Å². The van der Waals surface area contributed by atoms with Gasteiger partial charge in [0.15, 0.2) is 0 Å². The van der Waals surface area contributed by atoms with Crippen molar-refractivity contribution in [2.75, 3.05) is 15.8 Å². The van der Waals surface area contributed by atoms with Crippen molar-refractivity contribution in [1.29, 1.82) is 0 Å². The summed E-state index contributed by atoms with van der Waals surface area (Å²) in [6, 6.07) is 7.82. The Labute approximate surface area is 149 Å². The lowest BCUT2D eigenvalue weighted by Gasteiger charge is -2.15. The number of amides is 1. The standard InChI is InChI=1S/C16H18BrN3O3S/c1-9-6-10(2)14(8-13(9)17)20-24(22,23)16-5-4-12(18)7-15(16)19-11(3)21/h4-8,20H,18H2,1-3H3,(H,19,21). The SMILES string of the molecule is CC(=O)Nc1cc(N)ccc1S(=O)(=O)Nc1cc(Br)c(C)cc1C. The third-order valence-electron chi connectivity index (χ3n) is 3.35. The molecule has 0 aliphatic carbocycles. The number of nitrogens with two attached hydrogens (primary N) is 1. The molecule has 24 heavy (non-hydrogen) atoms. The Hall–Kier alpha value is -2.06. The van der Waals surface area contributed by atoms with Gasteiger partial charge in [0, 0.05) is 17.1 Å². The lowest BCUT2D eigenvalue weighted by molar-refractivity contribution is -0.114. The Morgan fingerprint density at radius 2 is 1.75 bits per heavy atom. The summed E-state index contributed by atoms with van der Waals surface area (Å²) in [6.07, 6.45) is 0. The van der Waals surface area contributed by atoms with Gasteiger partial charge in [-0.05, 0) is 49.2 Å². The number of nitrogens with one attached hydrogen (secondary N) is 2. The van der Waals surface area contributed by atoms with Crippen LogP contribution in [0.15, 0.2) is 39.7 Å². The molecule has 0 saturated carbocycles. The molecule has 2 aromatic rings. The Morgan fingerprint density at radius 1 is 1.08 bits per heavy atom. The second-order valence-electron chi connectivity index (χ2n) is 5.46. The van der Waals surface area contributed by atoms with Crippen LogP contribution in [-0.4, -0.2) is 14.3 Å². The first-order valence-corrected chi connectivity index (χ1v) is 9.34. The molecule has 0 aliphatic rings. The molecule has 6 nitrogen and oxygen atoms in total. The number of anilines is 3. The second-order valence-corrected chi connectivity index (χ2v) is 7.96. The lowest BCUT2D eigenvalue weighted by Crippen LogP contribution is -2.17. The minimum absolute atomic E-state index is 0.0528. The monoisotopic (exact) mass is 411 g/mol. The van der Waals surface area contributed by atoms with Crippen molar-refractivity contribution in [3.63, 3.8) is 0 Å². The number of aryl methyl sites for hydroxylation is 2. The zero-order chi connectivity index (χ0) is 18.1. The van der Waals surface area contributed by atoms with Gasteiger partial charge in [0.1, 0.15) is 4.90 Å². The maximum Gasteiger partial charge on any atom is 0.263 e.